The molecule has 0 aromatic carbocycles. The summed E-state index contributed by atoms with van der Waals surface area (Å²) in [6, 6.07) is 2.06. The lowest BCUT2D eigenvalue weighted by atomic mass is 9.99. The van der Waals surface area contributed by atoms with E-state index in [0.717, 1.165) is 56.4 Å². The minimum atomic E-state index is 0.281. The van der Waals surface area contributed by atoms with E-state index >= 15 is 0 Å². The zero-order valence-corrected chi connectivity index (χ0v) is 12.8. The Labute approximate surface area is 119 Å². The number of thioether (sulfide) groups is 1. The van der Waals surface area contributed by atoms with Gasteiger partial charge in [0.15, 0.2) is 0 Å². The van der Waals surface area contributed by atoms with Crippen LogP contribution >= 0.6 is 11.8 Å². The SMILES string of the molecule is CCc1cc(NCC2(SC)CCOCC2)nc(C)n1. The van der Waals surface area contributed by atoms with Crippen LogP contribution in [0.3, 0.4) is 0 Å². The maximum Gasteiger partial charge on any atom is 0.129 e. The van der Waals surface area contributed by atoms with Crippen LogP contribution in [0.2, 0.25) is 0 Å². The highest BCUT2D eigenvalue weighted by atomic mass is 32.2. The molecule has 4 nitrogen and oxygen atoms in total. The van der Waals surface area contributed by atoms with E-state index < -0.39 is 0 Å². The van der Waals surface area contributed by atoms with Crippen molar-refractivity contribution in [3.8, 4) is 0 Å². The molecule has 1 aliphatic heterocycles. The summed E-state index contributed by atoms with van der Waals surface area (Å²) in [6.45, 7) is 6.74. The molecular formula is C14H23N3OS. The molecule has 1 aliphatic rings. The fraction of sp³-hybridized carbons (Fsp3) is 0.714. The molecule has 1 aromatic rings. The molecule has 0 radical (unpaired) electrons. The lowest BCUT2D eigenvalue weighted by molar-refractivity contribution is 0.0802. The Bertz CT molecular complexity index is 419. The Hall–Kier alpha value is -0.810. The van der Waals surface area contributed by atoms with E-state index in [1.54, 1.807) is 0 Å². The van der Waals surface area contributed by atoms with Gasteiger partial charge in [-0.2, -0.15) is 11.8 Å². The monoisotopic (exact) mass is 281 g/mol. The van der Waals surface area contributed by atoms with Gasteiger partial charge in [0.05, 0.1) is 0 Å². The summed E-state index contributed by atoms with van der Waals surface area (Å²) < 4.78 is 5.75. The number of ether oxygens (including phenoxy) is 1. The van der Waals surface area contributed by atoms with Crippen molar-refractivity contribution in [2.24, 2.45) is 0 Å². The first-order valence-electron chi connectivity index (χ1n) is 6.89. The van der Waals surface area contributed by atoms with Crippen LogP contribution in [-0.4, -0.2) is 40.7 Å². The first kappa shape index (κ1) is 14.6. The molecule has 2 heterocycles. The highest BCUT2D eigenvalue weighted by Gasteiger charge is 2.31. The Morgan fingerprint density at radius 2 is 2.11 bits per heavy atom. The maximum absolute atomic E-state index is 5.47. The molecule has 0 aliphatic carbocycles. The van der Waals surface area contributed by atoms with Gasteiger partial charge in [0.2, 0.25) is 0 Å². The molecule has 5 heteroatoms. The average molecular weight is 281 g/mol. The second-order valence-electron chi connectivity index (χ2n) is 5.00. The third kappa shape index (κ3) is 3.83. The van der Waals surface area contributed by atoms with Gasteiger partial charge in [-0.05, 0) is 32.4 Å². The van der Waals surface area contributed by atoms with E-state index in [0.29, 0.717) is 0 Å². The van der Waals surface area contributed by atoms with Crippen molar-refractivity contribution in [2.45, 2.75) is 37.9 Å². The van der Waals surface area contributed by atoms with Crippen LogP contribution in [0, 0.1) is 6.92 Å². The third-order valence-corrected chi connectivity index (χ3v) is 5.10. The van der Waals surface area contributed by atoms with Crippen LogP contribution in [0.4, 0.5) is 5.82 Å². The first-order valence-corrected chi connectivity index (χ1v) is 8.11. The fourth-order valence-electron chi connectivity index (χ4n) is 2.35. The van der Waals surface area contributed by atoms with E-state index in [1.807, 2.05) is 18.7 Å². The van der Waals surface area contributed by atoms with Crippen LogP contribution in [0.25, 0.3) is 0 Å². The molecule has 19 heavy (non-hydrogen) atoms. The molecule has 0 bridgehead atoms. The van der Waals surface area contributed by atoms with Crippen LogP contribution < -0.4 is 5.32 Å². The first-order chi connectivity index (χ1) is 9.17. The van der Waals surface area contributed by atoms with Gasteiger partial charge in [-0.15, -0.1) is 0 Å². The summed E-state index contributed by atoms with van der Waals surface area (Å²) in [4.78, 5) is 8.88. The van der Waals surface area contributed by atoms with Crippen LogP contribution in [0.5, 0.6) is 0 Å². The van der Waals surface area contributed by atoms with Crippen molar-refractivity contribution < 1.29 is 4.74 Å². The predicted octanol–water partition coefficient (Wildman–Crippen LogP) is 2.67. The van der Waals surface area contributed by atoms with Gasteiger partial charge in [0.25, 0.3) is 0 Å². The third-order valence-electron chi connectivity index (χ3n) is 3.68. The average Bonchev–Trinajstić information content (AvgIpc) is 2.45. The smallest absolute Gasteiger partial charge is 0.129 e. The number of aromatic nitrogens is 2. The van der Waals surface area contributed by atoms with E-state index in [1.165, 1.54) is 0 Å². The molecular weight excluding hydrogens is 258 g/mol. The largest absolute Gasteiger partial charge is 0.381 e. The molecule has 1 saturated heterocycles. The van der Waals surface area contributed by atoms with Crippen molar-refractivity contribution in [3.05, 3.63) is 17.6 Å². The minimum Gasteiger partial charge on any atom is -0.381 e. The van der Waals surface area contributed by atoms with Gasteiger partial charge in [0, 0.05) is 36.3 Å². The van der Waals surface area contributed by atoms with Crippen molar-refractivity contribution in [1.29, 1.82) is 0 Å². The van der Waals surface area contributed by atoms with Gasteiger partial charge in [-0.25, -0.2) is 9.97 Å². The quantitative estimate of drug-likeness (QED) is 0.899. The fourth-order valence-corrected chi connectivity index (χ4v) is 3.14. The Balaban J connectivity index is 2.02. The van der Waals surface area contributed by atoms with E-state index in [2.05, 4.69) is 34.5 Å². The molecule has 106 valence electrons. The topological polar surface area (TPSA) is 47.0 Å². The number of hydrogen-bond acceptors (Lipinski definition) is 5. The summed E-state index contributed by atoms with van der Waals surface area (Å²) in [6.07, 6.45) is 5.34. The zero-order valence-electron chi connectivity index (χ0n) is 12.0. The summed E-state index contributed by atoms with van der Waals surface area (Å²) in [7, 11) is 0. The summed E-state index contributed by atoms with van der Waals surface area (Å²) in [5.41, 5.74) is 1.10. The van der Waals surface area contributed by atoms with Gasteiger partial charge in [0.1, 0.15) is 11.6 Å². The second-order valence-corrected chi connectivity index (χ2v) is 6.27. The van der Waals surface area contributed by atoms with Crippen LogP contribution in [0.15, 0.2) is 6.07 Å². The Morgan fingerprint density at radius 1 is 1.37 bits per heavy atom. The number of hydrogen-bond donors (Lipinski definition) is 1. The molecule has 0 spiro atoms. The van der Waals surface area contributed by atoms with Crippen LogP contribution in [0.1, 0.15) is 31.3 Å². The van der Waals surface area contributed by atoms with E-state index in [9.17, 15) is 0 Å². The highest BCUT2D eigenvalue weighted by Crippen LogP contribution is 2.33. The van der Waals surface area contributed by atoms with Crippen molar-refractivity contribution in [1.82, 2.24) is 9.97 Å². The normalized spacial score (nSPS) is 18.3. The van der Waals surface area contributed by atoms with Crippen molar-refractivity contribution in [3.63, 3.8) is 0 Å². The van der Waals surface area contributed by atoms with Gasteiger partial charge in [-0.1, -0.05) is 6.92 Å². The summed E-state index contributed by atoms with van der Waals surface area (Å²) >= 11 is 1.94. The number of rotatable bonds is 5. The molecule has 2 rings (SSSR count). The van der Waals surface area contributed by atoms with E-state index in [4.69, 9.17) is 4.74 Å². The maximum atomic E-state index is 5.47. The molecule has 0 saturated carbocycles. The summed E-state index contributed by atoms with van der Waals surface area (Å²) in [5, 5.41) is 3.49. The lowest BCUT2D eigenvalue weighted by Gasteiger charge is -2.35. The Kier molecular flexibility index (Phi) is 5.05. The number of aryl methyl sites for hydroxylation is 2. The van der Waals surface area contributed by atoms with Crippen molar-refractivity contribution >= 4 is 17.6 Å². The minimum absolute atomic E-state index is 0.281. The molecule has 0 amide bonds. The summed E-state index contributed by atoms with van der Waals surface area (Å²) in [5.74, 6) is 1.79. The molecule has 1 N–H and O–H groups in total. The molecule has 1 aromatic heterocycles. The van der Waals surface area contributed by atoms with Crippen LogP contribution in [-0.2, 0) is 11.2 Å². The molecule has 0 atom stereocenters. The standard InChI is InChI=1S/C14H23N3OS/c1-4-12-9-13(17-11(2)16-12)15-10-14(19-3)5-7-18-8-6-14/h9H,4-8,10H2,1-3H3,(H,15,16,17). The predicted molar refractivity (Wildman–Crippen MR) is 80.9 cm³/mol. The van der Waals surface area contributed by atoms with Gasteiger partial charge >= 0.3 is 0 Å². The Morgan fingerprint density at radius 3 is 2.74 bits per heavy atom. The number of anilines is 1. The van der Waals surface area contributed by atoms with Gasteiger partial charge in [-0.3, -0.25) is 0 Å². The zero-order chi connectivity index (χ0) is 13.7. The number of nitrogens with one attached hydrogen (secondary N) is 1. The van der Waals surface area contributed by atoms with Crippen molar-refractivity contribution in [2.75, 3.05) is 31.3 Å². The van der Waals surface area contributed by atoms with Gasteiger partial charge < -0.3 is 10.1 Å². The second kappa shape index (κ2) is 6.57. The lowest BCUT2D eigenvalue weighted by Crippen LogP contribution is -2.39. The molecule has 0 unspecified atom stereocenters. The number of nitrogens with zero attached hydrogens (tertiary/aromatic N) is 2. The van der Waals surface area contributed by atoms with E-state index in [-0.39, 0.29) is 4.75 Å². The highest BCUT2D eigenvalue weighted by molar-refractivity contribution is 8.00. The molecule has 1 fully saturated rings.